The van der Waals surface area contributed by atoms with Crippen molar-refractivity contribution in [2.45, 2.75) is 45.3 Å². The average molecular weight is 490 g/mol. The lowest BCUT2D eigenvalue weighted by Gasteiger charge is -2.32. The maximum absolute atomic E-state index is 13.3. The van der Waals surface area contributed by atoms with Crippen LogP contribution in [0, 0.1) is 0 Å². The molecule has 2 amide bonds. The Balaban J connectivity index is 1.49. The molecular weight excluding hydrogens is 454 g/mol. The molecule has 1 aliphatic carbocycles. The lowest BCUT2D eigenvalue weighted by Crippen LogP contribution is -2.47. The molecule has 0 bridgehead atoms. The number of carbonyl (C=O) groups is 2. The number of nitrogens with one attached hydrogen (secondary N) is 1. The van der Waals surface area contributed by atoms with Gasteiger partial charge in [-0.25, -0.2) is 4.79 Å². The zero-order valence-corrected chi connectivity index (χ0v) is 21.3. The fraction of sp³-hybridized carbons (Fsp3) is 0.429. The molecule has 0 radical (unpaired) electrons. The standard InChI is InChI=1S/C28H35N5O3/c1-18(2)36-28(35)30-21-10-7-19(8-11-21)26-25(29)23-12-9-20(17-24(23)33(26)22-5-4-6-22)27(34)32-15-13-31(3)14-16-32/h7-12,17-18,22H,4-6,13-16,29H2,1-3H3,(H,30,35). The number of amides is 2. The number of aromatic nitrogens is 1. The second-order valence-electron chi connectivity index (χ2n) is 10.2. The van der Waals surface area contributed by atoms with Gasteiger partial charge < -0.3 is 24.8 Å². The summed E-state index contributed by atoms with van der Waals surface area (Å²) in [5.41, 5.74) is 11.8. The van der Waals surface area contributed by atoms with Gasteiger partial charge in [-0.2, -0.15) is 0 Å². The van der Waals surface area contributed by atoms with Crippen molar-refractivity contribution in [2.75, 3.05) is 44.3 Å². The first-order chi connectivity index (χ1) is 17.3. The van der Waals surface area contributed by atoms with Crippen molar-refractivity contribution in [2.24, 2.45) is 0 Å². The number of nitrogen functional groups attached to an aromatic ring is 1. The first kappa shape index (κ1) is 24.2. The number of carbonyl (C=O) groups excluding carboxylic acids is 2. The molecule has 1 saturated carbocycles. The van der Waals surface area contributed by atoms with Crippen molar-refractivity contribution in [3.05, 3.63) is 48.0 Å². The first-order valence-corrected chi connectivity index (χ1v) is 12.8. The number of hydrogen-bond acceptors (Lipinski definition) is 5. The van der Waals surface area contributed by atoms with Gasteiger partial charge in [0.15, 0.2) is 0 Å². The van der Waals surface area contributed by atoms with Gasteiger partial charge in [0.2, 0.25) is 0 Å². The predicted molar refractivity (Wildman–Crippen MR) is 143 cm³/mol. The van der Waals surface area contributed by atoms with Gasteiger partial charge in [0.05, 0.1) is 23.0 Å². The van der Waals surface area contributed by atoms with E-state index in [1.54, 1.807) is 0 Å². The second-order valence-corrected chi connectivity index (χ2v) is 10.2. The monoisotopic (exact) mass is 489 g/mol. The normalized spacial score (nSPS) is 16.8. The van der Waals surface area contributed by atoms with Crippen LogP contribution in [-0.2, 0) is 4.74 Å². The van der Waals surface area contributed by atoms with Gasteiger partial charge in [-0.1, -0.05) is 12.1 Å². The van der Waals surface area contributed by atoms with Crippen molar-refractivity contribution in [1.82, 2.24) is 14.4 Å². The molecule has 2 aliphatic rings. The molecule has 0 atom stereocenters. The Kier molecular flexibility index (Phi) is 6.62. The molecule has 1 aromatic heterocycles. The number of rotatable bonds is 5. The predicted octanol–water partition coefficient (Wildman–Crippen LogP) is 4.96. The van der Waals surface area contributed by atoms with Gasteiger partial charge in [0.1, 0.15) is 0 Å². The quantitative estimate of drug-likeness (QED) is 0.528. The molecule has 36 heavy (non-hydrogen) atoms. The molecule has 1 aliphatic heterocycles. The molecule has 3 N–H and O–H groups in total. The summed E-state index contributed by atoms with van der Waals surface area (Å²) < 4.78 is 7.50. The number of piperazine rings is 1. The Morgan fingerprint density at radius 1 is 1.03 bits per heavy atom. The van der Waals surface area contributed by atoms with Gasteiger partial charge in [-0.15, -0.1) is 0 Å². The number of fused-ring (bicyclic) bond motifs is 1. The highest BCUT2D eigenvalue weighted by molar-refractivity contribution is 6.05. The van der Waals surface area contributed by atoms with E-state index < -0.39 is 6.09 Å². The average Bonchev–Trinajstić information content (AvgIpc) is 3.09. The molecule has 190 valence electrons. The molecule has 0 spiro atoms. The number of ether oxygens (including phenoxy) is 1. The van der Waals surface area contributed by atoms with Gasteiger partial charge in [-0.05, 0) is 70.5 Å². The van der Waals surface area contributed by atoms with Gasteiger partial charge in [0, 0.05) is 54.4 Å². The molecule has 1 saturated heterocycles. The van der Waals surface area contributed by atoms with Crippen LogP contribution in [-0.4, -0.2) is 65.7 Å². The zero-order valence-electron chi connectivity index (χ0n) is 21.3. The van der Waals surface area contributed by atoms with Crippen LogP contribution < -0.4 is 11.1 Å². The summed E-state index contributed by atoms with van der Waals surface area (Å²) in [6.45, 7) is 6.90. The second kappa shape index (κ2) is 9.85. The number of hydrogen-bond donors (Lipinski definition) is 2. The van der Waals surface area contributed by atoms with Gasteiger partial charge >= 0.3 is 6.09 Å². The third-order valence-electron chi connectivity index (χ3n) is 7.27. The van der Waals surface area contributed by atoms with Gasteiger partial charge in [0.25, 0.3) is 5.91 Å². The summed E-state index contributed by atoms with van der Waals surface area (Å²) in [6.07, 6.45) is 2.71. The van der Waals surface area contributed by atoms with Gasteiger partial charge in [-0.3, -0.25) is 10.1 Å². The molecule has 8 nitrogen and oxygen atoms in total. The molecule has 2 aromatic carbocycles. The highest BCUT2D eigenvalue weighted by atomic mass is 16.6. The molecule has 3 aromatic rings. The van der Waals surface area contributed by atoms with Crippen LogP contribution in [0.15, 0.2) is 42.5 Å². The maximum Gasteiger partial charge on any atom is 0.411 e. The number of anilines is 2. The fourth-order valence-electron chi connectivity index (χ4n) is 5.05. The van der Waals surface area contributed by atoms with Crippen molar-refractivity contribution >= 4 is 34.3 Å². The topological polar surface area (TPSA) is 92.8 Å². The van der Waals surface area contributed by atoms with Crippen molar-refractivity contribution in [3.8, 4) is 11.3 Å². The maximum atomic E-state index is 13.3. The molecule has 5 rings (SSSR count). The first-order valence-electron chi connectivity index (χ1n) is 12.8. The summed E-state index contributed by atoms with van der Waals surface area (Å²) >= 11 is 0. The van der Waals surface area contributed by atoms with E-state index in [-0.39, 0.29) is 12.0 Å². The van der Waals surface area contributed by atoms with Crippen molar-refractivity contribution in [3.63, 3.8) is 0 Å². The van der Waals surface area contributed by atoms with E-state index in [2.05, 4.69) is 21.8 Å². The largest absolute Gasteiger partial charge is 0.447 e. The van der Waals surface area contributed by atoms with Crippen LogP contribution in [0.25, 0.3) is 22.2 Å². The van der Waals surface area contributed by atoms with Crippen LogP contribution in [0.4, 0.5) is 16.2 Å². The summed E-state index contributed by atoms with van der Waals surface area (Å²) in [5.74, 6) is 0.0789. The Morgan fingerprint density at radius 3 is 2.33 bits per heavy atom. The van der Waals surface area contributed by atoms with E-state index in [1.807, 2.05) is 61.2 Å². The summed E-state index contributed by atoms with van der Waals surface area (Å²) in [7, 11) is 2.09. The van der Waals surface area contributed by atoms with Crippen LogP contribution in [0.3, 0.4) is 0 Å². The van der Waals surface area contributed by atoms with E-state index in [9.17, 15) is 9.59 Å². The smallest absolute Gasteiger partial charge is 0.411 e. The molecule has 2 fully saturated rings. The van der Waals surface area contributed by atoms with E-state index >= 15 is 0 Å². The van der Waals surface area contributed by atoms with Crippen LogP contribution in [0.1, 0.15) is 49.5 Å². The Bertz CT molecular complexity index is 1270. The van der Waals surface area contributed by atoms with Crippen molar-refractivity contribution in [1.29, 1.82) is 0 Å². The lowest BCUT2D eigenvalue weighted by atomic mass is 9.92. The molecule has 8 heteroatoms. The van der Waals surface area contributed by atoms with E-state index in [1.165, 1.54) is 6.42 Å². The Morgan fingerprint density at radius 2 is 1.72 bits per heavy atom. The minimum absolute atomic E-state index is 0.0789. The minimum Gasteiger partial charge on any atom is -0.447 e. The SMILES string of the molecule is CC(C)OC(=O)Nc1ccc(-c2c(N)c3ccc(C(=O)N4CCN(C)CC4)cc3n2C2CCC2)cc1. The van der Waals surface area contributed by atoms with Crippen LogP contribution >= 0.6 is 0 Å². The van der Waals surface area contributed by atoms with Crippen molar-refractivity contribution < 1.29 is 14.3 Å². The summed E-state index contributed by atoms with van der Waals surface area (Å²) in [6, 6.07) is 13.9. The highest BCUT2D eigenvalue weighted by Crippen LogP contribution is 2.44. The number of nitrogens with zero attached hydrogens (tertiary/aromatic N) is 3. The minimum atomic E-state index is -0.474. The van der Waals surface area contributed by atoms with E-state index in [0.717, 1.165) is 66.9 Å². The lowest BCUT2D eigenvalue weighted by molar-refractivity contribution is 0.0664. The third kappa shape index (κ3) is 4.65. The number of benzene rings is 2. The van der Waals surface area contributed by atoms with E-state index in [0.29, 0.717) is 17.3 Å². The van der Waals surface area contributed by atoms with E-state index in [4.69, 9.17) is 10.5 Å². The fourth-order valence-corrected chi connectivity index (χ4v) is 5.05. The zero-order chi connectivity index (χ0) is 25.4. The molecule has 0 unspecified atom stereocenters. The number of likely N-dealkylation sites (N-methyl/N-ethyl adjacent to an activating group) is 1. The molecular formula is C28H35N5O3. The van der Waals surface area contributed by atoms with Crippen LogP contribution in [0.5, 0.6) is 0 Å². The summed E-state index contributed by atoms with van der Waals surface area (Å²) in [4.78, 5) is 29.4. The van der Waals surface area contributed by atoms with Crippen LogP contribution in [0.2, 0.25) is 0 Å². The Labute approximate surface area is 212 Å². The third-order valence-corrected chi connectivity index (χ3v) is 7.27. The summed E-state index contributed by atoms with van der Waals surface area (Å²) in [5, 5.41) is 3.73. The number of nitrogens with two attached hydrogens (primary N) is 1. The molecule has 2 heterocycles. The highest BCUT2D eigenvalue weighted by Gasteiger charge is 2.28. The Hall–Kier alpha value is -3.52.